The number of carbonyl (C=O) groups excluding carboxylic acids is 1. The number of carbonyl (C=O) groups is 1. The van der Waals surface area contributed by atoms with Gasteiger partial charge in [-0.3, -0.25) is 14.7 Å². The molecule has 1 aromatic carbocycles. The fraction of sp³-hybridized carbons (Fsp3) is 0.333. The molecule has 1 fully saturated rings. The van der Waals surface area contributed by atoms with Gasteiger partial charge in [-0.15, -0.1) is 0 Å². The topological polar surface area (TPSA) is 36.4 Å². The molecule has 0 bridgehead atoms. The summed E-state index contributed by atoms with van der Waals surface area (Å²) in [5.41, 5.74) is 1.24. The van der Waals surface area contributed by atoms with Crippen molar-refractivity contribution in [1.29, 1.82) is 0 Å². The molecule has 0 saturated carbocycles. The summed E-state index contributed by atoms with van der Waals surface area (Å²) in [5, 5.41) is 0. The third-order valence-corrected chi connectivity index (χ3v) is 4.17. The Labute approximate surface area is 135 Å². The van der Waals surface area contributed by atoms with Crippen molar-refractivity contribution in [3.63, 3.8) is 0 Å². The van der Waals surface area contributed by atoms with Gasteiger partial charge in [0.15, 0.2) is 0 Å². The molecule has 0 atom stereocenters. The summed E-state index contributed by atoms with van der Waals surface area (Å²) in [5.74, 6) is -0.664. The van der Waals surface area contributed by atoms with E-state index >= 15 is 0 Å². The quantitative estimate of drug-likeness (QED) is 0.868. The molecule has 120 valence electrons. The summed E-state index contributed by atoms with van der Waals surface area (Å²) >= 11 is 0. The first kappa shape index (κ1) is 15.6. The van der Waals surface area contributed by atoms with Crippen LogP contribution >= 0.6 is 0 Å². The average molecular weight is 313 g/mol. The molecule has 23 heavy (non-hydrogen) atoms. The Morgan fingerprint density at radius 1 is 1.04 bits per heavy atom. The van der Waals surface area contributed by atoms with E-state index in [4.69, 9.17) is 0 Å². The monoisotopic (exact) mass is 313 g/mol. The highest BCUT2D eigenvalue weighted by Gasteiger charge is 2.23. The number of rotatable bonds is 4. The lowest BCUT2D eigenvalue weighted by molar-refractivity contribution is 0.0633. The minimum atomic E-state index is -0.449. The maximum atomic E-state index is 13.7. The number of nitrogens with zero attached hydrogens (tertiary/aromatic N) is 3. The van der Waals surface area contributed by atoms with Crippen molar-refractivity contribution in [2.75, 3.05) is 32.7 Å². The molecule has 0 spiro atoms. The summed E-state index contributed by atoms with van der Waals surface area (Å²) in [6, 6.07) is 12.1. The molecule has 0 aliphatic carbocycles. The molecule has 3 rings (SSSR count). The number of hydrogen-bond donors (Lipinski definition) is 0. The Kier molecular flexibility index (Phi) is 4.98. The van der Waals surface area contributed by atoms with Crippen LogP contribution in [0.4, 0.5) is 4.39 Å². The minimum absolute atomic E-state index is 0.162. The predicted molar refractivity (Wildman–Crippen MR) is 86.7 cm³/mol. The smallest absolute Gasteiger partial charge is 0.256 e. The van der Waals surface area contributed by atoms with Crippen molar-refractivity contribution >= 4 is 5.91 Å². The van der Waals surface area contributed by atoms with E-state index in [0.29, 0.717) is 13.1 Å². The molecule has 4 nitrogen and oxygen atoms in total. The fourth-order valence-corrected chi connectivity index (χ4v) is 2.80. The Morgan fingerprint density at radius 3 is 2.48 bits per heavy atom. The SMILES string of the molecule is O=C(c1ccccc1F)N1CCN(CCc2ccccn2)CC1. The van der Waals surface area contributed by atoms with Gasteiger partial charge < -0.3 is 4.90 Å². The third-order valence-electron chi connectivity index (χ3n) is 4.17. The lowest BCUT2D eigenvalue weighted by Crippen LogP contribution is -2.49. The Morgan fingerprint density at radius 2 is 1.78 bits per heavy atom. The molecule has 2 aromatic rings. The van der Waals surface area contributed by atoms with Gasteiger partial charge >= 0.3 is 0 Å². The molecule has 1 saturated heterocycles. The van der Waals surface area contributed by atoms with E-state index in [1.54, 1.807) is 29.3 Å². The third kappa shape index (κ3) is 3.93. The largest absolute Gasteiger partial charge is 0.336 e. The van der Waals surface area contributed by atoms with Gasteiger partial charge in [0.05, 0.1) is 5.56 Å². The predicted octanol–water partition coefficient (Wildman–Crippen LogP) is 2.22. The second-order valence-electron chi connectivity index (χ2n) is 5.68. The molecule has 1 aromatic heterocycles. The van der Waals surface area contributed by atoms with Gasteiger partial charge in [0, 0.05) is 51.0 Å². The van der Waals surface area contributed by atoms with E-state index in [2.05, 4.69) is 9.88 Å². The second-order valence-corrected chi connectivity index (χ2v) is 5.68. The molecule has 1 aliphatic rings. The highest BCUT2D eigenvalue weighted by atomic mass is 19.1. The standard InChI is InChI=1S/C18H20FN3O/c19-17-7-2-1-6-16(17)18(23)22-13-11-21(12-14-22)10-8-15-5-3-4-9-20-15/h1-7,9H,8,10-14H2. The Bertz CT molecular complexity index is 654. The van der Waals surface area contributed by atoms with E-state index in [1.165, 1.54) is 6.07 Å². The summed E-state index contributed by atoms with van der Waals surface area (Å²) in [7, 11) is 0. The maximum absolute atomic E-state index is 13.7. The molecule has 0 unspecified atom stereocenters. The van der Waals surface area contributed by atoms with Gasteiger partial charge in [-0.2, -0.15) is 0 Å². The average Bonchev–Trinajstić information content (AvgIpc) is 2.61. The number of aromatic nitrogens is 1. The number of halogens is 1. The first-order chi connectivity index (χ1) is 11.2. The molecule has 5 heteroatoms. The van der Waals surface area contributed by atoms with Gasteiger partial charge in [0.2, 0.25) is 0 Å². The van der Waals surface area contributed by atoms with Gasteiger partial charge in [0.25, 0.3) is 5.91 Å². The van der Waals surface area contributed by atoms with Crippen LogP contribution in [-0.2, 0) is 6.42 Å². The lowest BCUT2D eigenvalue weighted by Gasteiger charge is -2.34. The van der Waals surface area contributed by atoms with Crippen molar-refractivity contribution in [3.8, 4) is 0 Å². The Balaban J connectivity index is 1.50. The van der Waals surface area contributed by atoms with Crippen molar-refractivity contribution in [3.05, 3.63) is 65.7 Å². The zero-order valence-electron chi connectivity index (χ0n) is 13.0. The van der Waals surface area contributed by atoms with Crippen molar-refractivity contribution < 1.29 is 9.18 Å². The summed E-state index contributed by atoms with van der Waals surface area (Å²) in [6.07, 6.45) is 2.71. The zero-order valence-corrected chi connectivity index (χ0v) is 13.0. The Hall–Kier alpha value is -2.27. The minimum Gasteiger partial charge on any atom is -0.336 e. The van der Waals surface area contributed by atoms with Gasteiger partial charge in [-0.1, -0.05) is 18.2 Å². The van der Waals surface area contributed by atoms with Crippen LogP contribution in [0.2, 0.25) is 0 Å². The molecule has 0 radical (unpaired) electrons. The van der Waals surface area contributed by atoms with Crippen LogP contribution in [0.3, 0.4) is 0 Å². The van der Waals surface area contributed by atoms with Crippen LogP contribution in [0.25, 0.3) is 0 Å². The number of pyridine rings is 1. The molecule has 0 N–H and O–H groups in total. The van der Waals surface area contributed by atoms with Crippen LogP contribution < -0.4 is 0 Å². The van der Waals surface area contributed by atoms with Crippen molar-refractivity contribution in [2.24, 2.45) is 0 Å². The highest BCUT2D eigenvalue weighted by molar-refractivity contribution is 5.94. The molecular weight excluding hydrogens is 293 g/mol. The van der Waals surface area contributed by atoms with Crippen LogP contribution in [0.1, 0.15) is 16.1 Å². The van der Waals surface area contributed by atoms with Crippen molar-refractivity contribution in [2.45, 2.75) is 6.42 Å². The molecule has 1 aliphatic heterocycles. The van der Waals surface area contributed by atoms with Crippen LogP contribution in [0.5, 0.6) is 0 Å². The van der Waals surface area contributed by atoms with Crippen LogP contribution in [0.15, 0.2) is 48.7 Å². The normalized spacial score (nSPS) is 15.6. The van der Waals surface area contributed by atoms with Gasteiger partial charge in [-0.05, 0) is 24.3 Å². The van der Waals surface area contributed by atoms with Crippen LogP contribution in [0, 0.1) is 5.82 Å². The van der Waals surface area contributed by atoms with E-state index in [9.17, 15) is 9.18 Å². The summed E-state index contributed by atoms with van der Waals surface area (Å²) in [4.78, 5) is 20.7. The number of hydrogen-bond acceptors (Lipinski definition) is 3. The van der Waals surface area contributed by atoms with E-state index < -0.39 is 5.82 Å². The summed E-state index contributed by atoms with van der Waals surface area (Å²) in [6.45, 7) is 3.82. The van der Waals surface area contributed by atoms with Gasteiger partial charge in [-0.25, -0.2) is 4.39 Å². The van der Waals surface area contributed by atoms with Crippen LogP contribution in [-0.4, -0.2) is 53.4 Å². The summed E-state index contributed by atoms with van der Waals surface area (Å²) < 4.78 is 13.7. The van der Waals surface area contributed by atoms with Crippen molar-refractivity contribution in [1.82, 2.24) is 14.8 Å². The maximum Gasteiger partial charge on any atom is 0.256 e. The second kappa shape index (κ2) is 7.33. The van der Waals surface area contributed by atoms with Gasteiger partial charge in [0.1, 0.15) is 5.82 Å². The molecule has 2 heterocycles. The number of benzene rings is 1. The highest BCUT2D eigenvalue weighted by Crippen LogP contribution is 2.12. The molecular formula is C18H20FN3O. The first-order valence-corrected chi connectivity index (χ1v) is 7.90. The first-order valence-electron chi connectivity index (χ1n) is 7.90. The van der Waals surface area contributed by atoms with E-state index in [0.717, 1.165) is 31.7 Å². The fourth-order valence-electron chi connectivity index (χ4n) is 2.80. The van der Waals surface area contributed by atoms with E-state index in [-0.39, 0.29) is 11.5 Å². The lowest BCUT2D eigenvalue weighted by atomic mass is 10.1. The zero-order chi connectivity index (χ0) is 16.1. The number of piperazine rings is 1. The number of amides is 1. The molecule has 1 amide bonds. The van der Waals surface area contributed by atoms with E-state index in [1.807, 2.05) is 18.2 Å².